The highest BCUT2D eigenvalue weighted by Crippen LogP contribution is 2.20. The average Bonchev–Trinajstić information content (AvgIpc) is 3.58. The maximum Gasteiger partial charge on any atom is 0.229 e. The molecule has 0 bridgehead atoms. The third-order valence-corrected chi connectivity index (χ3v) is 5.26. The smallest absolute Gasteiger partial charge is 0.229 e. The molecule has 0 radical (unpaired) electrons. The molecule has 11 heteroatoms. The van der Waals surface area contributed by atoms with Gasteiger partial charge in [0.15, 0.2) is 11.2 Å². The summed E-state index contributed by atoms with van der Waals surface area (Å²) in [6, 6.07) is 9.89. The van der Waals surface area contributed by atoms with E-state index in [9.17, 15) is 0 Å². The van der Waals surface area contributed by atoms with Gasteiger partial charge < -0.3 is 5.32 Å². The maximum atomic E-state index is 4.64. The number of fused-ring (bicyclic) bond motifs is 2. The lowest BCUT2D eigenvalue weighted by molar-refractivity contribution is 0.297. The Labute approximate surface area is 182 Å². The van der Waals surface area contributed by atoms with Crippen LogP contribution in [0.4, 0.5) is 11.6 Å². The minimum Gasteiger partial charge on any atom is -0.321 e. The van der Waals surface area contributed by atoms with Crippen molar-refractivity contribution in [2.24, 2.45) is 5.10 Å². The predicted octanol–water partition coefficient (Wildman–Crippen LogP) is 2.39. The molecule has 0 saturated heterocycles. The molecule has 158 valence electrons. The van der Waals surface area contributed by atoms with E-state index in [4.69, 9.17) is 0 Å². The van der Waals surface area contributed by atoms with Gasteiger partial charge in [-0.25, -0.2) is 4.98 Å². The molecule has 1 aliphatic heterocycles. The summed E-state index contributed by atoms with van der Waals surface area (Å²) in [4.78, 5) is 13.4. The lowest BCUT2D eigenvalue weighted by atomic mass is 10.2. The quantitative estimate of drug-likeness (QED) is 0.441. The molecule has 0 unspecified atom stereocenters. The van der Waals surface area contributed by atoms with Crippen LogP contribution in [-0.2, 0) is 6.54 Å². The minimum atomic E-state index is 0.448. The summed E-state index contributed by atoms with van der Waals surface area (Å²) in [5.74, 6) is 0.448. The Bertz CT molecular complexity index is 1430. The number of anilines is 2. The van der Waals surface area contributed by atoms with Gasteiger partial charge in [-0.1, -0.05) is 17.3 Å². The molecule has 0 spiro atoms. The van der Waals surface area contributed by atoms with Crippen molar-refractivity contribution in [3.8, 4) is 5.69 Å². The van der Waals surface area contributed by atoms with E-state index in [1.54, 1.807) is 23.3 Å². The van der Waals surface area contributed by atoms with Crippen LogP contribution in [0.2, 0.25) is 0 Å². The summed E-state index contributed by atoms with van der Waals surface area (Å²) in [6.07, 6.45) is 10.1. The van der Waals surface area contributed by atoms with Gasteiger partial charge in [0, 0.05) is 37.0 Å². The number of benzene rings is 1. The molecule has 1 aromatic carbocycles. The molecule has 5 aromatic rings. The fourth-order valence-corrected chi connectivity index (χ4v) is 3.65. The summed E-state index contributed by atoms with van der Waals surface area (Å²) in [5, 5.41) is 23.5. The van der Waals surface area contributed by atoms with Crippen molar-refractivity contribution in [3.05, 3.63) is 55.1 Å². The number of rotatable bonds is 6. The summed E-state index contributed by atoms with van der Waals surface area (Å²) in [7, 11) is 0. The van der Waals surface area contributed by atoms with E-state index in [2.05, 4.69) is 40.8 Å². The number of hydrazone groups is 1. The SMILES string of the molecule is C1=NN(CCn2cc(Nc3ncc4nnn(-c5ccc6cccnc6c5)c4n3)cn2)CC1. The Hall–Kier alpha value is -4.41. The number of aromatic nitrogens is 8. The topological polar surface area (TPSA) is 115 Å². The van der Waals surface area contributed by atoms with Crippen LogP contribution in [0.5, 0.6) is 0 Å². The molecule has 4 aromatic heterocycles. The third kappa shape index (κ3) is 3.49. The second kappa shape index (κ2) is 7.69. The first kappa shape index (κ1) is 18.4. The standard InChI is InChI=1S/C21H19N11/c1-3-15-4-5-17(11-18(15)22-6-1)32-20-19(28-29-32)13-23-21(27-20)26-16-12-25-31(14-16)10-9-30-8-2-7-24-30/h1,3-7,11-14H,2,8-10H2,(H,23,26,27). The summed E-state index contributed by atoms with van der Waals surface area (Å²) >= 11 is 0. The van der Waals surface area contributed by atoms with Gasteiger partial charge in [-0.2, -0.15) is 19.9 Å². The highest BCUT2D eigenvalue weighted by Gasteiger charge is 2.12. The van der Waals surface area contributed by atoms with E-state index in [0.717, 1.165) is 48.3 Å². The average molecular weight is 425 g/mol. The van der Waals surface area contributed by atoms with Crippen LogP contribution in [0.15, 0.2) is 60.2 Å². The van der Waals surface area contributed by atoms with Crippen LogP contribution in [0.3, 0.4) is 0 Å². The zero-order valence-corrected chi connectivity index (χ0v) is 17.1. The zero-order valence-electron chi connectivity index (χ0n) is 17.1. The maximum absolute atomic E-state index is 4.64. The van der Waals surface area contributed by atoms with Gasteiger partial charge in [-0.3, -0.25) is 14.7 Å². The van der Waals surface area contributed by atoms with E-state index in [1.807, 2.05) is 52.4 Å². The fourth-order valence-electron chi connectivity index (χ4n) is 3.65. The first-order chi connectivity index (χ1) is 15.8. The molecule has 1 aliphatic rings. The van der Waals surface area contributed by atoms with Gasteiger partial charge in [0.05, 0.1) is 42.4 Å². The molecule has 0 amide bonds. The van der Waals surface area contributed by atoms with Crippen LogP contribution in [-0.4, -0.2) is 64.0 Å². The van der Waals surface area contributed by atoms with E-state index < -0.39 is 0 Å². The van der Waals surface area contributed by atoms with Gasteiger partial charge in [-0.15, -0.1) is 5.10 Å². The fraction of sp³-hybridized carbons (Fsp3) is 0.190. The molecule has 6 rings (SSSR count). The molecule has 0 fully saturated rings. The number of pyridine rings is 1. The van der Waals surface area contributed by atoms with Gasteiger partial charge in [0.25, 0.3) is 0 Å². The molecule has 0 atom stereocenters. The minimum absolute atomic E-state index is 0.448. The second-order valence-electron chi connectivity index (χ2n) is 7.44. The Morgan fingerprint density at radius 1 is 1.03 bits per heavy atom. The number of hydrogen-bond donors (Lipinski definition) is 1. The first-order valence-corrected chi connectivity index (χ1v) is 10.3. The van der Waals surface area contributed by atoms with Crippen molar-refractivity contribution in [3.63, 3.8) is 0 Å². The lowest BCUT2D eigenvalue weighted by Gasteiger charge is -2.12. The van der Waals surface area contributed by atoms with Gasteiger partial charge >= 0.3 is 0 Å². The Kier molecular flexibility index (Phi) is 4.41. The largest absolute Gasteiger partial charge is 0.321 e. The van der Waals surface area contributed by atoms with Crippen molar-refractivity contribution in [2.45, 2.75) is 13.0 Å². The van der Waals surface area contributed by atoms with Crippen LogP contribution in [0.25, 0.3) is 27.8 Å². The van der Waals surface area contributed by atoms with Crippen molar-refractivity contribution in [1.29, 1.82) is 0 Å². The van der Waals surface area contributed by atoms with E-state index >= 15 is 0 Å². The zero-order chi connectivity index (χ0) is 21.3. The molecule has 5 heterocycles. The Morgan fingerprint density at radius 3 is 2.97 bits per heavy atom. The summed E-state index contributed by atoms with van der Waals surface area (Å²) < 4.78 is 3.57. The predicted molar refractivity (Wildman–Crippen MR) is 120 cm³/mol. The van der Waals surface area contributed by atoms with Crippen molar-refractivity contribution in [2.75, 3.05) is 18.4 Å². The lowest BCUT2D eigenvalue weighted by Crippen LogP contribution is -2.20. The third-order valence-electron chi connectivity index (χ3n) is 5.26. The highest BCUT2D eigenvalue weighted by molar-refractivity contribution is 5.81. The first-order valence-electron chi connectivity index (χ1n) is 10.3. The normalized spacial score (nSPS) is 13.4. The number of hydrogen-bond acceptors (Lipinski definition) is 9. The van der Waals surface area contributed by atoms with Crippen LogP contribution in [0.1, 0.15) is 6.42 Å². The molecular formula is C21H19N11. The van der Waals surface area contributed by atoms with Crippen LogP contribution < -0.4 is 5.32 Å². The monoisotopic (exact) mass is 425 g/mol. The van der Waals surface area contributed by atoms with Crippen molar-refractivity contribution in [1.82, 2.24) is 44.7 Å². The number of nitrogens with one attached hydrogen (secondary N) is 1. The highest BCUT2D eigenvalue weighted by atomic mass is 15.5. The van der Waals surface area contributed by atoms with Crippen molar-refractivity contribution >= 4 is 39.9 Å². The van der Waals surface area contributed by atoms with E-state index in [1.165, 1.54) is 0 Å². The molecule has 1 N–H and O–H groups in total. The molecule has 0 saturated carbocycles. The Morgan fingerprint density at radius 2 is 2.03 bits per heavy atom. The van der Waals surface area contributed by atoms with Crippen molar-refractivity contribution < 1.29 is 0 Å². The van der Waals surface area contributed by atoms with E-state index in [0.29, 0.717) is 17.1 Å². The Balaban J connectivity index is 1.24. The summed E-state index contributed by atoms with van der Waals surface area (Å²) in [5.41, 5.74) is 3.74. The molecular weight excluding hydrogens is 406 g/mol. The number of nitrogens with zero attached hydrogens (tertiary/aromatic N) is 10. The van der Waals surface area contributed by atoms with Gasteiger partial charge in [-0.05, 0) is 18.2 Å². The van der Waals surface area contributed by atoms with Crippen LogP contribution in [0, 0.1) is 0 Å². The van der Waals surface area contributed by atoms with Crippen LogP contribution >= 0.6 is 0 Å². The summed E-state index contributed by atoms with van der Waals surface area (Å²) in [6.45, 7) is 2.55. The van der Waals surface area contributed by atoms with Gasteiger partial charge in [0.2, 0.25) is 5.95 Å². The second-order valence-corrected chi connectivity index (χ2v) is 7.44. The van der Waals surface area contributed by atoms with E-state index in [-0.39, 0.29) is 0 Å². The van der Waals surface area contributed by atoms with Gasteiger partial charge in [0.1, 0.15) is 0 Å². The molecule has 32 heavy (non-hydrogen) atoms. The molecule has 0 aliphatic carbocycles. The molecule has 11 nitrogen and oxygen atoms in total.